The molecule has 1 atom stereocenters. The van der Waals surface area contributed by atoms with Gasteiger partial charge >= 0.3 is 6.03 Å². The number of methoxy groups -OCH3 is 1. The van der Waals surface area contributed by atoms with Gasteiger partial charge in [-0.05, 0) is 31.4 Å². The van der Waals surface area contributed by atoms with Crippen LogP contribution in [0.5, 0.6) is 0 Å². The Morgan fingerprint density at radius 1 is 1.38 bits per heavy atom. The highest BCUT2D eigenvalue weighted by atomic mass is 16.5. The molecule has 1 unspecified atom stereocenters. The second kappa shape index (κ2) is 6.35. The van der Waals surface area contributed by atoms with Gasteiger partial charge in [-0.3, -0.25) is 4.90 Å². The van der Waals surface area contributed by atoms with Crippen molar-refractivity contribution in [3.05, 3.63) is 24.3 Å². The van der Waals surface area contributed by atoms with Gasteiger partial charge in [-0.2, -0.15) is 0 Å². The summed E-state index contributed by atoms with van der Waals surface area (Å²) >= 11 is 0. The average Bonchev–Trinajstić information content (AvgIpc) is 2.99. The van der Waals surface area contributed by atoms with Gasteiger partial charge in [0.25, 0.3) is 0 Å². The van der Waals surface area contributed by atoms with Gasteiger partial charge in [0, 0.05) is 39.4 Å². The van der Waals surface area contributed by atoms with Crippen molar-refractivity contribution in [2.75, 3.05) is 43.2 Å². The van der Waals surface area contributed by atoms with Crippen molar-refractivity contribution in [1.82, 2.24) is 5.32 Å². The normalized spacial score (nSPS) is 20.1. The molecule has 0 aromatic heterocycles. The topological polar surface area (TPSA) is 44.8 Å². The van der Waals surface area contributed by atoms with E-state index in [0.29, 0.717) is 19.2 Å². The van der Waals surface area contributed by atoms with Gasteiger partial charge < -0.3 is 15.0 Å². The molecule has 2 aliphatic rings. The summed E-state index contributed by atoms with van der Waals surface area (Å²) in [4.78, 5) is 16.8. The molecule has 2 aliphatic heterocycles. The van der Waals surface area contributed by atoms with Crippen molar-refractivity contribution in [3.8, 4) is 0 Å². The molecule has 1 aromatic carbocycles. The quantitative estimate of drug-likeness (QED) is 0.865. The predicted molar refractivity (Wildman–Crippen MR) is 84.0 cm³/mol. The maximum Gasteiger partial charge on any atom is 0.322 e. The molecular weight excluding hydrogens is 266 g/mol. The van der Waals surface area contributed by atoms with Gasteiger partial charge in [-0.1, -0.05) is 12.1 Å². The van der Waals surface area contributed by atoms with E-state index in [1.165, 1.54) is 18.5 Å². The first kappa shape index (κ1) is 14.2. The van der Waals surface area contributed by atoms with Gasteiger partial charge in [0.05, 0.1) is 11.4 Å². The van der Waals surface area contributed by atoms with Crippen LogP contribution in [0.2, 0.25) is 0 Å². The van der Waals surface area contributed by atoms with Crippen molar-refractivity contribution in [3.63, 3.8) is 0 Å². The molecule has 114 valence electrons. The van der Waals surface area contributed by atoms with Crippen LogP contribution in [0, 0.1) is 0 Å². The van der Waals surface area contributed by atoms with Gasteiger partial charge in [0.15, 0.2) is 0 Å². The summed E-state index contributed by atoms with van der Waals surface area (Å²) in [5.74, 6) is 0. The van der Waals surface area contributed by atoms with E-state index in [1.807, 2.05) is 23.1 Å². The first-order chi connectivity index (χ1) is 10.3. The van der Waals surface area contributed by atoms with E-state index in [-0.39, 0.29) is 6.03 Å². The molecule has 0 saturated carbocycles. The smallest absolute Gasteiger partial charge is 0.322 e. The minimum Gasteiger partial charge on any atom is -0.385 e. The number of para-hydroxylation sites is 2. The molecule has 1 saturated heterocycles. The summed E-state index contributed by atoms with van der Waals surface area (Å²) in [5, 5.41) is 3.00. The number of hydrogen-bond donors (Lipinski definition) is 1. The molecule has 0 spiro atoms. The number of hydrogen-bond acceptors (Lipinski definition) is 3. The van der Waals surface area contributed by atoms with E-state index in [0.717, 1.165) is 25.2 Å². The fraction of sp³-hybridized carbons (Fsp3) is 0.562. The number of fused-ring (bicyclic) bond motifs is 3. The fourth-order valence-electron chi connectivity index (χ4n) is 3.29. The monoisotopic (exact) mass is 289 g/mol. The molecule has 21 heavy (non-hydrogen) atoms. The Kier molecular flexibility index (Phi) is 4.29. The predicted octanol–water partition coefficient (Wildman–Crippen LogP) is 2.22. The summed E-state index contributed by atoms with van der Waals surface area (Å²) < 4.78 is 5.01. The Morgan fingerprint density at radius 2 is 2.19 bits per heavy atom. The molecule has 1 N–H and O–H groups in total. The number of nitrogens with one attached hydrogen (secondary N) is 1. The summed E-state index contributed by atoms with van der Waals surface area (Å²) in [6.45, 7) is 3.21. The SMILES string of the molecule is COCCCNC(=O)N1CC2CCCN2c2ccccc21. The molecule has 0 bridgehead atoms. The van der Waals surface area contributed by atoms with E-state index in [4.69, 9.17) is 4.74 Å². The number of benzene rings is 1. The minimum absolute atomic E-state index is 0.00473. The summed E-state index contributed by atoms with van der Waals surface area (Å²) in [6, 6.07) is 8.68. The minimum atomic E-state index is 0.00473. The number of nitrogens with zero attached hydrogens (tertiary/aromatic N) is 2. The zero-order chi connectivity index (χ0) is 14.7. The fourth-order valence-corrected chi connectivity index (χ4v) is 3.29. The standard InChI is InChI=1S/C16H23N3O2/c1-21-11-5-9-17-16(20)19-12-13-6-4-10-18(13)14-7-2-3-8-15(14)19/h2-3,7-8,13H,4-6,9-12H2,1H3,(H,17,20). The second-order valence-corrected chi connectivity index (χ2v) is 5.67. The first-order valence-corrected chi connectivity index (χ1v) is 7.71. The third kappa shape index (κ3) is 2.83. The van der Waals surface area contributed by atoms with Crippen LogP contribution >= 0.6 is 0 Å². The van der Waals surface area contributed by atoms with E-state index >= 15 is 0 Å². The third-order valence-corrected chi connectivity index (χ3v) is 4.30. The zero-order valence-corrected chi connectivity index (χ0v) is 12.5. The van der Waals surface area contributed by atoms with Crippen LogP contribution in [-0.4, -0.2) is 45.4 Å². The van der Waals surface area contributed by atoms with Gasteiger partial charge in [0.2, 0.25) is 0 Å². The van der Waals surface area contributed by atoms with Gasteiger partial charge in [-0.25, -0.2) is 4.79 Å². The summed E-state index contributed by atoms with van der Waals surface area (Å²) in [5.41, 5.74) is 2.22. The largest absolute Gasteiger partial charge is 0.385 e. The molecule has 3 rings (SSSR count). The summed E-state index contributed by atoms with van der Waals surface area (Å²) in [6.07, 6.45) is 3.22. The Hall–Kier alpha value is -1.75. The van der Waals surface area contributed by atoms with Crippen LogP contribution < -0.4 is 15.1 Å². The van der Waals surface area contributed by atoms with E-state index in [2.05, 4.69) is 16.3 Å². The molecular formula is C16H23N3O2. The van der Waals surface area contributed by atoms with Gasteiger partial charge in [-0.15, -0.1) is 0 Å². The van der Waals surface area contributed by atoms with Crippen LogP contribution in [0.25, 0.3) is 0 Å². The number of urea groups is 1. The number of carbonyl (C=O) groups is 1. The molecule has 1 fully saturated rings. The first-order valence-electron chi connectivity index (χ1n) is 7.71. The lowest BCUT2D eigenvalue weighted by Gasteiger charge is -2.40. The van der Waals surface area contributed by atoms with E-state index < -0.39 is 0 Å². The summed E-state index contributed by atoms with van der Waals surface area (Å²) in [7, 11) is 1.68. The van der Waals surface area contributed by atoms with Crippen molar-refractivity contribution in [2.45, 2.75) is 25.3 Å². The molecule has 2 amide bonds. The maximum atomic E-state index is 12.5. The molecule has 1 aromatic rings. The van der Waals surface area contributed by atoms with Gasteiger partial charge in [0.1, 0.15) is 0 Å². The molecule has 0 aliphatic carbocycles. The lowest BCUT2D eigenvalue weighted by atomic mass is 10.1. The number of rotatable bonds is 4. The van der Waals surface area contributed by atoms with Crippen molar-refractivity contribution < 1.29 is 9.53 Å². The van der Waals surface area contributed by atoms with Crippen molar-refractivity contribution >= 4 is 17.4 Å². The van der Waals surface area contributed by atoms with Crippen LogP contribution in [0.4, 0.5) is 16.2 Å². The Labute approximate surface area is 125 Å². The second-order valence-electron chi connectivity index (χ2n) is 5.67. The van der Waals surface area contributed by atoms with Crippen LogP contribution in [0.3, 0.4) is 0 Å². The number of anilines is 2. The van der Waals surface area contributed by atoms with Crippen molar-refractivity contribution in [1.29, 1.82) is 0 Å². The Bertz CT molecular complexity index is 506. The van der Waals surface area contributed by atoms with Crippen molar-refractivity contribution in [2.24, 2.45) is 0 Å². The van der Waals surface area contributed by atoms with Crippen LogP contribution in [-0.2, 0) is 4.74 Å². The Balaban J connectivity index is 1.73. The van der Waals surface area contributed by atoms with Crippen LogP contribution in [0.1, 0.15) is 19.3 Å². The number of ether oxygens (including phenoxy) is 1. The Morgan fingerprint density at radius 3 is 3.00 bits per heavy atom. The lowest BCUT2D eigenvalue weighted by Crippen LogP contribution is -2.51. The van der Waals surface area contributed by atoms with E-state index in [1.54, 1.807) is 7.11 Å². The molecule has 5 heteroatoms. The molecule has 2 heterocycles. The molecule has 0 radical (unpaired) electrons. The maximum absolute atomic E-state index is 12.5. The average molecular weight is 289 g/mol. The molecule has 5 nitrogen and oxygen atoms in total. The number of amides is 2. The zero-order valence-electron chi connectivity index (χ0n) is 12.5. The highest BCUT2D eigenvalue weighted by Crippen LogP contribution is 2.39. The van der Waals surface area contributed by atoms with Crippen LogP contribution in [0.15, 0.2) is 24.3 Å². The highest BCUT2D eigenvalue weighted by molar-refractivity contribution is 5.97. The van der Waals surface area contributed by atoms with E-state index in [9.17, 15) is 4.79 Å². The third-order valence-electron chi connectivity index (χ3n) is 4.30. The highest BCUT2D eigenvalue weighted by Gasteiger charge is 2.35. The number of carbonyl (C=O) groups excluding carboxylic acids is 1. The lowest BCUT2D eigenvalue weighted by molar-refractivity contribution is 0.194.